The van der Waals surface area contributed by atoms with Crippen LogP contribution in [0.3, 0.4) is 0 Å². The summed E-state index contributed by atoms with van der Waals surface area (Å²) in [5, 5.41) is 6.81. The molecular weight excluding hydrogens is 271 g/mol. The topological polar surface area (TPSA) is 41.1 Å². The first-order valence-electron chi connectivity index (χ1n) is 5.93. The zero-order valence-electron chi connectivity index (χ0n) is 10.3. The number of benzene rings is 1. The van der Waals surface area contributed by atoms with Crippen LogP contribution in [0.2, 0.25) is 5.02 Å². The van der Waals surface area contributed by atoms with Crippen LogP contribution in [0.5, 0.6) is 0 Å². The van der Waals surface area contributed by atoms with Crippen LogP contribution in [-0.4, -0.2) is 19.5 Å². The maximum Gasteiger partial charge on any atom is 0.221 e. The largest absolute Gasteiger partial charge is 0.349 e. The van der Waals surface area contributed by atoms with E-state index in [-0.39, 0.29) is 24.4 Å². The van der Waals surface area contributed by atoms with E-state index in [1.165, 1.54) is 11.1 Å². The molecule has 2 N–H and O–H groups in total. The maximum absolute atomic E-state index is 11.7. The monoisotopic (exact) mass is 288 g/mol. The normalized spacial score (nSPS) is 16.9. The molecule has 1 aromatic rings. The van der Waals surface area contributed by atoms with Gasteiger partial charge in [-0.25, -0.2) is 0 Å². The van der Waals surface area contributed by atoms with Gasteiger partial charge in [0.15, 0.2) is 0 Å². The van der Waals surface area contributed by atoms with Gasteiger partial charge in [-0.1, -0.05) is 17.7 Å². The summed E-state index contributed by atoms with van der Waals surface area (Å²) in [4.78, 5) is 11.7. The standard InChI is InChI=1S/C13H17ClN2O.ClH/c1-15-7-6-13(17)16-12-5-2-9-8-10(14)3-4-11(9)12;/h3-4,8,12,15H,2,5-7H2,1H3,(H,16,17);1H. The van der Waals surface area contributed by atoms with E-state index in [1.807, 2.05) is 25.2 Å². The van der Waals surface area contributed by atoms with Crippen molar-refractivity contribution in [2.24, 2.45) is 0 Å². The van der Waals surface area contributed by atoms with E-state index in [4.69, 9.17) is 11.6 Å². The number of nitrogens with one attached hydrogen (secondary N) is 2. The number of carbonyl (C=O) groups excluding carboxylic acids is 1. The van der Waals surface area contributed by atoms with Crippen LogP contribution < -0.4 is 10.6 Å². The summed E-state index contributed by atoms with van der Waals surface area (Å²) in [5.41, 5.74) is 2.48. The second-order valence-corrected chi connectivity index (χ2v) is 4.79. The third-order valence-electron chi connectivity index (χ3n) is 3.12. The van der Waals surface area contributed by atoms with Crippen molar-refractivity contribution < 1.29 is 4.79 Å². The summed E-state index contributed by atoms with van der Waals surface area (Å²) in [6.07, 6.45) is 2.49. The summed E-state index contributed by atoms with van der Waals surface area (Å²) >= 11 is 5.95. The second kappa shape index (κ2) is 6.98. The first kappa shape index (κ1) is 15.3. The Morgan fingerprint density at radius 3 is 3.00 bits per heavy atom. The van der Waals surface area contributed by atoms with Gasteiger partial charge in [-0.3, -0.25) is 4.79 Å². The van der Waals surface area contributed by atoms with Gasteiger partial charge in [0, 0.05) is 18.0 Å². The summed E-state index contributed by atoms with van der Waals surface area (Å²) in [6.45, 7) is 0.714. The number of halogens is 2. The number of amides is 1. The number of fused-ring (bicyclic) bond motifs is 1. The first-order valence-corrected chi connectivity index (χ1v) is 6.31. The highest BCUT2D eigenvalue weighted by atomic mass is 35.5. The van der Waals surface area contributed by atoms with E-state index in [9.17, 15) is 4.79 Å². The van der Waals surface area contributed by atoms with Crippen LogP contribution in [0, 0.1) is 0 Å². The van der Waals surface area contributed by atoms with Crippen molar-refractivity contribution in [3.05, 3.63) is 34.3 Å². The van der Waals surface area contributed by atoms with E-state index >= 15 is 0 Å². The number of aryl methyl sites for hydroxylation is 1. The van der Waals surface area contributed by atoms with Gasteiger partial charge in [-0.05, 0) is 43.1 Å². The Bertz CT molecular complexity index is 423. The van der Waals surface area contributed by atoms with Crippen LogP contribution in [0.1, 0.15) is 30.0 Å². The lowest BCUT2D eigenvalue weighted by Gasteiger charge is -2.14. The summed E-state index contributed by atoms with van der Waals surface area (Å²) < 4.78 is 0. The van der Waals surface area contributed by atoms with Gasteiger partial charge in [-0.15, -0.1) is 12.4 Å². The fourth-order valence-electron chi connectivity index (χ4n) is 2.24. The predicted octanol–water partition coefficient (Wildman–Crippen LogP) is 2.47. The fourth-order valence-corrected chi connectivity index (χ4v) is 2.44. The molecule has 0 fully saturated rings. The fraction of sp³-hybridized carbons (Fsp3) is 0.462. The molecule has 2 rings (SSSR count). The van der Waals surface area contributed by atoms with E-state index in [0.29, 0.717) is 13.0 Å². The summed E-state index contributed by atoms with van der Waals surface area (Å²) in [6, 6.07) is 6.06. The quantitative estimate of drug-likeness (QED) is 0.894. The zero-order chi connectivity index (χ0) is 12.3. The number of rotatable bonds is 4. The van der Waals surface area contributed by atoms with Gasteiger partial charge in [0.05, 0.1) is 6.04 Å². The first-order chi connectivity index (χ1) is 8.20. The van der Waals surface area contributed by atoms with Crippen molar-refractivity contribution in [1.82, 2.24) is 10.6 Å². The van der Waals surface area contributed by atoms with Crippen LogP contribution in [0.25, 0.3) is 0 Å². The van der Waals surface area contributed by atoms with E-state index in [2.05, 4.69) is 10.6 Å². The van der Waals surface area contributed by atoms with E-state index < -0.39 is 0 Å². The molecule has 0 bridgehead atoms. The van der Waals surface area contributed by atoms with E-state index in [0.717, 1.165) is 17.9 Å². The van der Waals surface area contributed by atoms with Gasteiger partial charge in [-0.2, -0.15) is 0 Å². The minimum Gasteiger partial charge on any atom is -0.349 e. The van der Waals surface area contributed by atoms with Crippen LogP contribution >= 0.6 is 24.0 Å². The molecule has 0 saturated carbocycles. The summed E-state index contributed by atoms with van der Waals surface area (Å²) in [5.74, 6) is 0.104. The van der Waals surface area contributed by atoms with Crippen LogP contribution in [0.15, 0.2) is 18.2 Å². The van der Waals surface area contributed by atoms with Crippen molar-refractivity contribution in [1.29, 1.82) is 0 Å². The second-order valence-electron chi connectivity index (χ2n) is 4.36. The molecule has 0 aliphatic heterocycles. The third kappa shape index (κ3) is 3.61. The molecule has 0 aromatic heterocycles. The number of hydrogen-bond donors (Lipinski definition) is 2. The van der Waals surface area contributed by atoms with E-state index in [1.54, 1.807) is 0 Å². The van der Waals surface area contributed by atoms with Gasteiger partial charge < -0.3 is 10.6 Å². The van der Waals surface area contributed by atoms with Crippen LogP contribution in [0.4, 0.5) is 0 Å². The maximum atomic E-state index is 11.7. The highest BCUT2D eigenvalue weighted by molar-refractivity contribution is 6.30. The molecule has 1 aliphatic carbocycles. The molecule has 18 heavy (non-hydrogen) atoms. The highest BCUT2D eigenvalue weighted by Gasteiger charge is 2.23. The third-order valence-corrected chi connectivity index (χ3v) is 3.36. The number of carbonyl (C=O) groups is 1. The molecule has 1 atom stereocenters. The zero-order valence-corrected chi connectivity index (χ0v) is 11.9. The van der Waals surface area contributed by atoms with Crippen molar-refractivity contribution in [2.45, 2.75) is 25.3 Å². The van der Waals surface area contributed by atoms with Crippen molar-refractivity contribution in [3.63, 3.8) is 0 Å². The molecule has 0 saturated heterocycles. The Hall–Kier alpha value is -0.770. The Morgan fingerprint density at radius 2 is 2.28 bits per heavy atom. The molecule has 1 unspecified atom stereocenters. The smallest absolute Gasteiger partial charge is 0.221 e. The minimum absolute atomic E-state index is 0. The van der Waals surface area contributed by atoms with Crippen molar-refractivity contribution in [3.8, 4) is 0 Å². The van der Waals surface area contributed by atoms with Crippen molar-refractivity contribution in [2.75, 3.05) is 13.6 Å². The van der Waals surface area contributed by atoms with Gasteiger partial charge >= 0.3 is 0 Å². The molecule has 3 nitrogen and oxygen atoms in total. The Kier molecular flexibility index (Phi) is 5.93. The Morgan fingerprint density at radius 1 is 1.50 bits per heavy atom. The highest BCUT2D eigenvalue weighted by Crippen LogP contribution is 2.32. The molecule has 0 radical (unpaired) electrons. The molecule has 0 spiro atoms. The average Bonchev–Trinajstić information content (AvgIpc) is 2.69. The molecule has 100 valence electrons. The minimum atomic E-state index is 0. The Labute approximate surface area is 119 Å². The number of hydrogen-bond acceptors (Lipinski definition) is 2. The summed E-state index contributed by atoms with van der Waals surface area (Å²) in [7, 11) is 1.85. The van der Waals surface area contributed by atoms with Gasteiger partial charge in [0.1, 0.15) is 0 Å². The molecule has 5 heteroatoms. The molecular formula is C13H18Cl2N2O. The molecule has 1 aliphatic rings. The average molecular weight is 289 g/mol. The molecule has 0 heterocycles. The lowest BCUT2D eigenvalue weighted by Crippen LogP contribution is -2.29. The lowest BCUT2D eigenvalue weighted by molar-refractivity contribution is -0.121. The van der Waals surface area contributed by atoms with Gasteiger partial charge in [0.25, 0.3) is 0 Å². The molecule has 1 amide bonds. The predicted molar refractivity (Wildman–Crippen MR) is 76.4 cm³/mol. The SMILES string of the molecule is CNCCC(=O)NC1CCc2cc(Cl)ccc21.Cl. The van der Waals surface area contributed by atoms with Crippen molar-refractivity contribution >= 4 is 29.9 Å². The lowest BCUT2D eigenvalue weighted by atomic mass is 10.1. The van der Waals surface area contributed by atoms with Crippen LogP contribution in [-0.2, 0) is 11.2 Å². The molecule has 1 aromatic carbocycles. The Balaban J connectivity index is 0.00000162. The van der Waals surface area contributed by atoms with Gasteiger partial charge in [0.2, 0.25) is 5.91 Å².